The number of nitrogens with one attached hydrogen (secondary N) is 1. The van der Waals surface area contributed by atoms with Crippen molar-refractivity contribution in [1.29, 1.82) is 0 Å². The Morgan fingerprint density at radius 3 is 1.52 bits per heavy atom. The van der Waals surface area contributed by atoms with E-state index in [1.807, 2.05) is 34.6 Å². The van der Waals surface area contributed by atoms with Crippen molar-refractivity contribution in [2.45, 2.75) is 92.1 Å². The van der Waals surface area contributed by atoms with E-state index in [1.54, 1.807) is 43.3 Å². The molecule has 0 aromatic heterocycles. The van der Waals surface area contributed by atoms with Gasteiger partial charge in [0.25, 0.3) is 12.4 Å². The Morgan fingerprint density at radius 2 is 1.23 bits per heavy atom. The molecule has 20 heteroatoms. The van der Waals surface area contributed by atoms with Crippen molar-refractivity contribution in [3.05, 3.63) is 59.7 Å². The number of aromatic hydroxyl groups is 2. The summed E-state index contributed by atoms with van der Waals surface area (Å²) >= 11 is 16.3. The second kappa shape index (κ2) is 42.3. The minimum absolute atomic E-state index is 0. The molecular weight excluding hydrogens is 833 g/mol. The van der Waals surface area contributed by atoms with Gasteiger partial charge in [0.05, 0.1) is 18.8 Å². The number of hydrogen-bond acceptors (Lipinski definition) is 13. The Bertz CT molecular complexity index is 1270. The van der Waals surface area contributed by atoms with Crippen molar-refractivity contribution < 1.29 is 93.9 Å². The number of aliphatic carboxylic acids is 1. The summed E-state index contributed by atoms with van der Waals surface area (Å²) < 4.78 is 9.52. The van der Waals surface area contributed by atoms with E-state index in [9.17, 15) is 24.9 Å². The van der Waals surface area contributed by atoms with Crippen LogP contribution in [0.15, 0.2) is 48.5 Å². The van der Waals surface area contributed by atoms with Crippen LogP contribution in [0, 0.1) is 11.8 Å². The zero-order chi connectivity index (χ0) is 42.8. The standard InChI is InChI=1S/C15H22ClNO4.C10H15NO2.C5H8Cl2O2.C3H8.C2H4O2.CH2O3.ClH.Na/c1-4-17(15(20)21-14(16)10(2)3)9-13(19)11-6-5-7-12(18)8-11;1-2-11-7-10(13)8-4-3-5-9(12)6-8;1-3(2)4(6)9-5(7)8;1-3-2;1-2(3)4;2-1-4-3;;/h5-8,10,13-14,18-19H,4,9H2,1-3H3;3-6,10-13H,2,7H2,1H3;3-4H,1-2H3;3H2,1-2H3;1H3,(H,3,4);1,3H;1H;/q;;;;;;;+1/p-1. The van der Waals surface area contributed by atoms with Gasteiger partial charge in [-0.15, -0.1) is 12.4 Å². The molecule has 0 saturated heterocycles. The first-order valence-electron chi connectivity index (χ1n) is 16.8. The molecule has 0 aliphatic rings. The van der Waals surface area contributed by atoms with Crippen LogP contribution in [0.5, 0.6) is 11.5 Å². The second-order valence-electron chi connectivity index (χ2n) is 11.4. The number of carbonyl (C=O) groups is 4. The summed E-state index contributed by atoms with van der Waals surface area (Å²) in [5.41, 5.74) is -0.906. The SMILES string of the molecule is CC(=O)O.CC(C)C(Cl)OC(=O)Cl.CCC.CCN(CC(O)c1cccc(O)c1)C(=O)OC(Cl)C(C)C.CCNCC(O)c1cccc(O)c1.Cl.O=CO[O-].[Na+]. The van der Waals surface area contributed by atoms with Crippen molar-refractivity contribution in [1.82, 2.24) is 10.2 Å². The topological polar surface area (TPSA) is 235 Å². The molecule has 0 heterocycles. The monoisotopic (exact) mass is 890 g/mol. The average Bonchev–Trinajstić information content (AvgIpc) is 3.09. The molecule has 0 bridgehead atoms. The number of amides is 1. The number of phenols is 2. The molecule has 2 aromatic carbocycles. The minimum Gasteiger partial charge on any atom is -0.662 e. The number of benzene rings is 2. The summed E-state index contributed by atoms with van der Waals surface area (Å²) in [6.45, 7) is 18.1. The summed E-state index contributed by atoms with van der Waals surface area (Å²) in [7, 11) is 0. The number of alkyl halides is 2. The average molecular weight is 893 g/mol. The zero-order valence-electron chi connectivity index (χ0n) is 33.7. The molecule has 0 spiro atoms. The summed E-state index contributed by atoms with van der Waals surface area (Å²) in [6, 6.07) is 13.0. The third kappa shape index (κ3) is 41.4. The van der Waals surface area contributed by atoms with Crippen molar-refractivity contribution in [3.8, 4) is 11.5 Å². The van der Waals surface area contributed by atoms with Crippen LogP contribution in [0.3, 0.4) is 0 Å². The second-order valence-corrected chi connectivity index (χ2v) is 12.6. The molecule has 56 heavy (non-hydrogen) atoms. The Labute approximate surface area is 374 Å². The van der Waals surface area contributed by atoms with Crippen molar-refractivity contribution >= 4 is 71.2 Å². The van der Waals surface area contributed by atoms with Gasteiger partial charge in [-0.2, -0.15) is 0 Å². The van der Waals surface area contributed by atoms with E-state index in [1.165, 1.54) is 23.5 Å². The van der Waals surface area contributed by atoms with Crippen LogP contribution < -0.4 is 40.1 Å². The van der Waals surface area contributed by atoms with Gasteiger partial charge in [0, 0.05) is 43.5 Å². The fraction of sp³-hybridized carbons (Fsp3) is 0.556. The van der Waals surface area contributed by atoms with E-state index in [2.05, 4.69) is 28.8 Å². The van der Waals surface area contributed by atoms with Gasteiger partial charge in [-0.1, -0.05) is 102 Å². The Kier molecular flexibility index (Phi) is 49.6. The first-order valence-corrected chi connectivity index (χ1v) is 18.1. The summed E-state index contributed by atoms with van der Waals surface area (Å²) in [5, 5.41) is 57.2. The molecule has 2 aromatic rings. The molecule has 0 aliphatic carbocycles. The van der Waals surface area contributed by atoms with E-state index < -0.39 is 40.8 Å². The predicted molar refractivity (Wildman–Crippen MR) is 213 cm³/mol. The Hall–Kier alpha value is -2.28. The van der Waals surface area contributed by atoms with Gasteiger partial charge < -0.3 is 55.4 Å². The summed E-state index contributed by atoms with van der Waals surface area (Å²) in [5.74, 6) is -0.481. The number of nitrogens with zero attached hydrogens (tertiary/aromatic N) is 1. The number of carboxylic acid groups (broad SMARTS) is 1. The van der Waals surface area contributed by atoms with Crippen LogP contribution in [0.25, 0.3) is 0 Å². The van der Waals surface area contributed by atoms with Gasteiger partial charge in [0.15, 0.2) is 11.1 Å². The van der Waals surface area contributed by atoms with Crippen LogP contribution >= 0.6 is 47.2 Å². The number of likely N-dealkylation sites (N-methyl/N-ethyl adjacent to an activating group) is 2. The van der Waals surface area contributed by atoms with E-state index in [4.69, 9.17) is 64.6 Å². The smallest absolute Gasteiger partial charge is 0.662 e. The number of aliphatic hydroxyl groups is 2. The minimum atomic E-state index is -0.905. The number of ether oxygens (including phenoxy) is 2. The largest absolute Gasteiger partial charge is 1.00 e. The molecule has 4 atom stereocenters. The maximum absolute atomic E-state index is 12.0. The first kappa shape index (κ1) is 65.6. The van der Waals surface area contributed by atoms with Crippen molar-refractivity contribution in [2.75, 3.05) is 26.2 Å². The summed E-state index contributed by atoms with van der Waals surface area (Å²) in [6.07, 6.45) is -0.769. The molecule has 0 radical (unpaired) electrons. The van der Waals surface area contributed by atoms with Crippen LogP contribution in [0.4, 0.5) is 9.59 Å². The molecule has 6 N–H and O–H groups in total. The van der Waals surface area contributed by atoms with Crippen LogP contribution in [0.1, 0.15) is 92.1 Å². The number of carboxylic acids is 1. The first-order chi connectivity index (χ1) is 25.2. The number of rotatable bonds is 13. The number of hydrogen-bond donors (Lipinski definition) is 6. The van der Waals surface area contributed by atoms with E-state index >= 15 is 0 Å². The van der Waals surface area contributed by atoms with E-state index in [-0.39, 0.29) is 78.3 Å². The fourth-order valence-electron chi connectivity index (χ4n) is 3.04. The van der Waals surface area contributed by atoms with Crippen LogP contribution in [0.2, 0.25) is 0 Å². The quantitative estimate of drug-likeness (QED) is 0.0415. The van der Waals surface area contributed by atoms with E-state index in [0.29, 0.717) is 18.7 Å². The predicted octanol–water partition coefficient (Wildman–Crippen LogP) is 4.09. The number of aliphatic hydroxyl groups excluding tert-OH is 2. The molecule has 4 unspecified atom stereocenters. The third-order valence-electron chi connectivity index (χ3n) is 5.64. The summed E-state index contributed by atoms with van der Waals surface area (Å²) in [4.78, 5) is 43.6. The van der Waals surface area contributed by atoms with Gasteiger partial charge in [0.2, 0.25) is 0 Å². The molecule has 0 saturated carbocycles. The third-order valence-corrected chi connectivity index (χ3v) is 6.91. The van der Waals surface area contributed by atoms with Crippen molar-refractivity contribution in [2.24, 2.45) is 11.8 Å². The Balaban J connectivity index is -0.000000153. The van der Waals surface area contributed by atoms with Gasteiger partial charge >= 0.3 is 41.1 Å². The van der Waals surface area contributed by atoms with Gasteiger partial charge in [-0.3, -0.25) is 9.59 Å². The van der Waals surface area contributed by atoms with Crippen LogP contribution in [-0.4, -0.2) is 91.7 Å². The number of carbonyl (C=O) groups excluding carboxylic acids is 3. The van der Waals surface area contributed by atoms with E-state index in [0.717, 1.165) is 19.0 Å². The molecule has 1 amide bonds. The zero-order valence-corrected chi connectivity index (χ0v) is 38.8. The maximum atomic E-state index is 12.0. The van der Waals surface area contributed by atoms with Gasteiger partial charge in [0.1, 0.15) is 11.5 Å². The Morgan fingerprint density at radius 1 is 0.857 bits per heavy atom. The maximum Gasteiger partial charge on any atom is 1.00 e. The normalized spacial score (nSPS) is 11.4. The van der Waals surface area contributed by atoms with Gasteiger partial charge in [-0.05, 0) is 48.9 Å². The number of phenolic OH excluding ortho intramolecular Hbond substituents is 2. The molecular formula is C36H59Cl4N2NaO13. The van der Waals surface area contributed by atoms with Gasteiger partial charge in [-0.25, -0.2) is 9.59 Å². The van der Waals surface area contributed by atoms with Crippen molar-refractivity contribution in [3.63, 3.8) is 0 Å². The molecule has 15 nitrogen and oxygen atoms in total. The fourth-order valence-corrected chi connectivity index (χ4v) is 3.34. The number of halogens is 4. The molecule has 0 aliphatic heterocycles. The van der Waals surface area contributed by atoms with Crippen LogP contribution in [-0.2, 0) is 24.0 Å². The molecule has 2 rings (SSSR count). The molecule has 0 fully saturated rings. The molecule has 320 valence electrons.